The quantitative estimate of drug-likeness (QED) is 0.453. The van der Waals surface area contributed by atoms with Crippen molar-refractivity contribution in [3.63, 3.8) is 0 Å². The first-order valence-corrected chi connectivity index (χ1v) is 6.02. The molecule has 0 saturated heterocycles. The molecule has 1 rings (SSSR count). The highest BCUT2D eigenvalue weighted by atomic mass is 16.5. The van der Waals surface area contributed by atoms with Crippen LogP contribution in [0.5, 0.6) is 5.88 Å². The Morgan fingerprint density at radius 2 is 2.11 bits per heavy atom. The Labute approximate surface area is 108 Å². The maximum Gasteiger partial charge on any atom is 0.225 e. The predicted octanol–water partition coefficient (Wildman–Crippen LogP) is 1.31. The molecule has 0 atom stereocenters. The van der Waals surface area contributed by atoms with E-state index in [2.05, 4.69) is 9.88 Å². The van der Waals surface area contributed by atoms with Crippen molar-refractivity contribution in [2.24, 2.45) is 5.73 Å². The van der Waals surface area contributed by atoms with Crippen LogP contribution in [-0.2, 0) is 0 Å². The van der Waals surface area contributed by atoms with E-state index in [-0.39, 0.29) is 5.84 Å². The van der Waals surface area contributed by atoms with E-state index in [1.807, 2.05) is 34.0 Å². The second-order valence-electron chi connectivity index (χ2n) is 4.68. The number of rotatable bonds is 6. The molecule has 0 amide bonds. The molecule has 0 fully saturated rings. The molecule has 0 aliphatic carbocycles. The van der Waals surface area contributed by atoms with Crippen LogP contribution in [0.2, 0.25) is 0 Å². The molecule has 5 heteroatoms. The van der Waals surface area contributed by atoms with Gasteiger partial charge >= 0.3 is 0 Å². The lowest BCUT2D eigenvalue weighted by atomic mass is 10.1. The molecule has 0 unspecified atom stereocenters. The van der Waals surface area contributed by atoms with Gasteiger partial charge in [0, 0.05) is 12.2 Å². The van der Waals surface area contributed by atoms with Crippen LogP contribution in [0.25, 0.3) is 0 Å². The van der Waals surface area contributed by atoms with Crippen molar-refractivity contribution in [3.05, 3.63) is 22.9 Å². The molecule has 0 aromatic carbocycles. The number of aryl methyl sites for hydroxylation is 2. The zero-order valence-electron chi connectivity index (χ0n) is 11.6. The minimum Gasteiger partial charge on any atom is -0.477 e. The number of amidine groups is 1. The Bertz CT molecular complexity index is 429. The van der Waals surface area contributed by atoms with Crippen molar-refractivity contribution in [3.8, 4) is 5.88 Å². The van der Waals surface area contributed by atoms with Crippen LogP contribution in [0, 0.1) is 19.3 Å². The van der Waals surface area contributed by atoms with Crippen LogP contribution in [0.3, 0.4) is 0 Å². The first-order valence-electron chi connectivity index (χ1n) is 6.02. The SMILES string of the molecule is Cc1cc(C)c(C(=N)N)c(OCCCN(C)C)n1. The van der Waals surface area contributed by atoms with E-state index in [4.69, 9.17) is 15.9 Å². The van der Waals surface area contributed by atoms with Gasteiger partial charge in [-0.2, -0.15) is 0 Å². The highest BCUT2D eigenvalue weighted by Gasteiger charge is 2.12. The fourth-order valence-electron chi connectivity index (χ4n) is 1.78. The van der Waals surface area contributed by atoms with Crippen molar-refractivity contribution < 1.29 is 4.74 Å². The van der Waals surface area contributed by atoms with Crippen molar-refractivity contribution >= 4 is 5.84 Å². The van der Waals surface area contributed by atoms with Crippen molar-refractivity contribution in [1.82, 2.24) is 9.88 Å². The van der Waals surface area contributed by atoms with E-state index in [9.17, 15) is 0 Å². The molecule has 0 bridgehead atoms. The molecular weight excluding hydrogens is 228 g/mol. The summed E-state index contributed by atoms with van der Waals surface area (Å²) < 4.78 is 5.65. The molecule has 5 nitrogen and oxygen atoms in total. The first-order chi connectivity index (χ1) is 8.41. The van der Waals surface area contributed by atoms with E-state index in [1.165, 1.54) is 0 Å². The standard InChI is InChI=1S/C13H22N4O/c1-9-8-10(2)16-13(11(9)12(14)15)18-7-5-6-17(3)4/h8H,5-7H2,1-4H3,(H3,14,15). The molecule has 1 aromatic rings. The van der Waals surface area contributed by atoms with Crippen LogP contribution < -0.4 is 10.5 Å². The number of nitrogens with two attached hydrogens (primary N) is 1. The van der Waals surface area contributed by atoms with Gasteiger partial charge in [-0.05, 0) is 46.0 Å². The minimum atomic E-state index is 0.00242. The summed E-state index contributed by atoms with van der Waals surface area (Å²) in [6, 6.07) is 1.91. The maximum absolute atomic E-state index is 7.59. The summed E-state index contributed by atoms with van der Waals surface area (Å²) >= 11 is 0. The number of ether oxygens (including phenoxy) is 1. The van der Waals surface area contributed by atoms with Crippen molar-refractivity contribution in [1.29, 1.82) is 5.41 Å². The van der Waals surface area contributed by atoms with E-state index < -0.39 is 0 Å². The topological polar surface area (TPSA) is 75.2 Å². The average molecular weight is 250 g/mol. The predicted molar refractivity (Wildman–Crippen MR) is 73.4 cm³/mol. The monoisotopic (exact) mass is 250 g/mol. The third kappa shape index (κ3) is 4.00. The molecule has 0 spiro atoms. The molecule has 1 aromatic heterocycles. The molecule has 0 saturated carbocycles. The lowest BCUT2D eigenvalue weighted by molar-refractivity contribution is 0.272. The number of pyridine rings is 1. The Hall–Kier alpha value is -1.62. The zero-order chi connectivity index (χ0) is 13.7. The van der Waals surface area contributed by atoms with Gasteiger partial charge < -0.3 is 15.4 Å². The Morgan fingerprint density at radius 1 is 1.44 bits per heavy atom. The van der Waals surface area contributed by atoms with Crippen LogP contribution >= 0.6 is 0 Å². The lowest BCUT2D eigenvalue weighted by Gasteiger charge is -2.14. The summed E-state index contributed by atoms with van der Waals surface area (Å²) in [6.07, 6.45) is 0.916. The second-order valence-corrected chi connectivity index (χ2v) is 4.68. The van der Waals surface area contributed by atoms with Crippen molar-refractivity contribution in [2.45, 2.75) is 20.3 Å². The summed E-state index contributed by atoms with van der Waals surface area (Å²) in [6.45, 7) is 5.36. The fourth-order valence-corrected chi connectivity index (χ4v) is 1.78. The molecule has 0 aliphatic rings. The van der Waals surface area contributed by atoms with E-state index in [1.54, 1.807) is 0 Å². The van der Waals surface area contributed by atoms with Gasteiger partial charge in [-0.25, -0.2) is 4.98 Å². The summed E-state index contributed by atoms with van der Waals surface area (Å²) in [7, 11) is 4.05. The number of nitrogens with one attached hydrogen (secondary N) is 1. The summed E-state index contributed by atoms with van der Waals surface area (Å²) in [4.78, 5) is 6.42. The highest BCUT2D eigenvalue weighted by molar-refractivity contribution is 5.98. The second kappa shape index (κ2) is 6.35. The highest BCUT2D eigenvalue weighted by Crippen LogP contribution is 2.20. The summed E-state index contributed by atoms with van der Waals surface area (Å²) in [5.41, 5.74) is 7.98. The fraction of sp³-hybridized carbons (Fsp3) is 0.538. The van der Waals surface area contributed by atoms with Gasteiger partial charge in [-0.1, -0.05) is 0 Å². The van der Waals surface area contributed by atoms with Crippen molar-refractivity contribution in [2.75, 3.05) is 27.2 Å². The Kier molecular flexibility index (Phi) is 5.09. The van der Waals surface area contributed by atoms with Gasteiger partial charge in [-0.3, -0.25) is 5.41 Å². The Balaban J connectivity index is 2.77. The molecular formula is C13H22N4O. The lowest BCUT2D eigenvalue weighted by Crippen LogP contribution is -2.19. The number of nitrogens with zero attached hydrogens (tertiary/aromatic N) is 2. The normalized spacial score (nSPS) is 10.7. The Morgan fingerprint density at radius 3 is 2.67 bits per heavy atom. The van der Waals surface area contributed by atoms with Gasteiger partial charge in [-0.15, -0.1) is 0 Å². The zero-order valence-corrected chi connectivity index (χ0v) is 11.6. The van der Waals surface area contributed by atoms with Crippen LogP contribution in [0.15, 0.2) is 6.07 Å². The van der Waals surface area contributed by atoms with Crippen LogP contribution in [-0.4, -0.2) is 43.0 Å². The largest absolute Gasteiger partial charge is 0.477 e. The first kappa shape index (κ1) is 14.4. The third-order valence-electron chi connectivity index (χ3n) is 2.57. The van der Waals surface area contributed by atoms with Crippen LogP contribution in [0.1, 0.15) is 23.2 Å². The van der Waals surface area contributed by atoms with Gasteiger partial charge in [0.2, 0.25) is 5.88 Å². The molecule has 0 radical (unpaired) electrons. The number of aromatic nitrogens is 1. The van der Waals surface area contributed by atoms with E-state index in [0.717, 1.165) is 24.2 Å². The number of hydrogen-bond acceptors (Lipinski definition) is 4. The number of nitrogen functional groups attached to an aromatic ring is 1. The summed E-state index contributed by atoms with van der Waals surface area (Å²) in [5, 5.41) is 7.59. The van der Waals surface area contributed by atoms with Gasteiger partial charge in [0.15, 0.2) is 0 Å². The van der Waals surface area contributed by atoms with E-state index in [0.29, 0.717) is 18.1 Å². The van der Waals surface area contributed by atoms with Gasteiger partial charge in [0.1, 0.15) is 5.84 Å². The van der Waals surface area contributed by atoms with E-state index >= 15 is 0 Å². The molecule has 1 heterocycles. The van der Waals surface area contributed by atoms with Gasteiger partial charge in [0.25, 0.3) is 0 Å². The minimum absolute atomic E-state index is 0.00242. The average Bonchev–Trinajstić information content (AvgIpc) is 2.22. The molecule has 100 valence electrons. The molecule has 0 aliphatic heterocycles. The maximum atomic E-state index is 7.59. The molecule has 3 N–H and O–H groups in total. The third-order valence-corrected chi connectivity index (χ3v) is 2.57. The molecule has 18 heavy (non-hydrogen) atoms. The smallest absolute Gasteiger partial charge is 0.225 e. The van der Waals surface area contributed by atoms with Gasteiger partial charge in [0.05, 0.1) is 12.2 Å². The summed E-state index contributed by atoms with van der Waals surface area (Å²) in [5.74, 6) is 0.473. The number of hydrogen-bond donors (Lipinski definition) is 2. The van der Waals surface area contributed by atoms with Crippen LogP contribution in [0.4, 0.5) is 0 Å².